The molecule has 0 saturated carbocycles. The fourth-order valence-electron chi connectivity index (χ4n) is 2.37. The van der Waals surface area contributed by atoms with Gasteiger partial charge in [0.25, 0.3) is 5.95 Å². The Kier molecular flexibility index (Phi) is 6.33. The minimum absolute atomic E-state index is 0.0433. The number of nitrogen functional groups attached to an aromatic ring is 1. The second kappa shape index (κ2) is 8.90. The van der Waals surface area contributed by atoms with Crippen molar-refractivity contribution in [1.29, 1.82) is 0 Å². The van der Waals surface area contributed by atoms with Crippen molar-refractivity contribution in [3.63, 3.8) is 0 Å². The van der Waals surface area contributed by atoms with Crippen LogP contribution in [0, 0.1) is 5.82 Å². The monoisotopic (exact) mass is 422 g/mol. The maximum Gasteiger partial charge on any atom is 0.263 e. The van der Waals surface area contributed by atoms with Crippen LogP contribution in [0.5, 0.6) is 5.75 Å². The van der Waals surface area contributed by atoms with Crippen LogP contribution in [0.15, 0.2) is 41.5 Å². The number of anilines is 1. The first-order chi connectivity index (χ1) is 13.5. The largest absolute Gasteiger partial charge is 0.488 e. The zero-order chi connectivity index (χ0) is 20.1. The molecule has 0 fully saturated rings. The third-order valence-corrected chi connectivity index (χ3v) is 4.45. The van der Waals surface area contributed by atoms with Crippen LogP contribution < -0.4 is 16.0 Å². The van der Waals surface area contributed by atoms with Gasteiger partial charge in [0.2, 0.25) is 0 Å². The van der Waals surface area contributed by atoms with Crippen LogP contribution in [0.25, 0.3) is 0 Å². The van der Waals surface area contributed by atoms with Crippen molar-refractivity contribution in [2.75, 3.05) is 11.3 Å². The topological polar surface area (TPSA) is 90.4 Å². The highest BCUT2D eigenvalue weighted by Gasteiger charge is 2.10. The second-order valence-electron chi connectivity index (χ2n) is 5.70. The Morgan fingerprint density at radius 3 is 2.82 bits per heavy atom. The molecule has 3 aromatic rings. The molecule has 1 heterocycles. The highest BCUT2D eigenvalue weighted by Crippen LogP contribution is 2.25. The van der Waals surface area contributed by atoms with E-state index in [2.05, 4.69) is 20.7 Å². The van der Waals surface area contributed by atoms with E-state index in [4.69, 9.17) is 33.8 Å². The zero-order valence-corrected chi connectivity index (χ0v) is 16.4. The van der Waals surface area contributed by atoms with Gasteiger partial charge in [0.05, 0.1) is 11.2 Å². The van der Waals surface area contributed by atoms with E-state index in [0.717, 1.165) is 0 Å². The van der Waals surface area contributed by atoms with Crippen molar-refractivity contribution in [3.05, 3.63) is 69.2 Å². The van der Waals surface area contributed by atoms with Gasteiger partial charge in [0, 0.05) is 22.6 Å². The summed E-state index contributed by atoms with van der Waals surface area (Å²) >= 11 is 12.1. The molecule has 10 heteroatoms. The van der Waals surface area contributed by atoms with E-state index < -0.39 is 5.82 Å². The van der Waals surface area contributed by atoms with Gasteiger partial charge >= 0.3 is 0 Å². The molecule has 1 aromatic heterocycles. The molecule has 7 nitrogen and oxygen atoms in total. The normalized spacial score (nSPS) is 11.1. The quantitative estimate of drug-likeness (QED) is 0.340. The van der Waals surface area contributed by atoms with Crippen molar-refractivity contribution in [2.45, 2.75) is 20.0 Å². The number of hydrazone groups is 1. The lowest BCUT2D eigenvalue weighted by Gasteiger charge is -2.11. The molecular weight excluding hydrogens is 406 g/mol. The maximum atomic E-state index is 13.9. The van der Waals surface area contributed by atoms with E-state index >= 15 is 0 Å². The van der Waals surface area contributed by atoms with Gasteiger partial charge in [0.15, 0.2) is 5.82 Å². The first kappa shape index (κ1) is 19.9. The lowest BCUT2D eigenvalue weighted by atomic mass is 10.2. The predicted octanol–water partition coefficient (Wildman–Crippen LogP) is 4.03. The number of hydrogen-bond donors (Lipinski definition) is 2. The van der Waals surface area contributed by atoms with Crippen LogP contribution in [0.3, 0.4) is 0 Å². The highest BCUT2D eigenvalue weighted by molar-refractivity contribution is 6.31. The summed E-state index contributed by atoms with van der Waals surface area (Å²) in [4.78, 5) is 0. The third-order valence-electron chi connectivity index (χ3n) is 3.86. The number of halogens is 3. The van der Waals surface area contributed by atoms with Gasteiger partial charge in [-0.3, -0.25) is 0 Å². The van der Waals surface area contributed by atoms with Crippen LogP contribution in [-0.2, 0) is 13.0 Å². The fourth-order valence-corrected chi connectivity index (χ4v) is 2.77. The van der Waals surface area contributed by atoms with E-state index in [1.54, 1.807) is 24.3 Å². The lowest BCUT2D eigenvalue weighted by molar-refractivity contribution is 0.299. The van der Waals surface area contributed by atoms with Gasteiger partial charge in [-0.25, -0.2) is 14.5 Å². The van der Waals surface area contributed by atoms with E-state index in [0.29, 0.717) is 33.6 Å². The fraction of sp³-hybridized carbons (Fsp3) is 0.167. The molecule has 146 valence electrons. The highest BCUT2D eigenvalue weighted by atomic mass is 35.5. The molecular formula is C18H17Cl2FN6O. The number of hydrogen-bond acceptors (Lipinski definition) is 6. The molecule has 28 heavy (non-hydrogen) atoms. The number of aryl methyl sites for hydroxylation is 1. The predicted molar refractivity (Wildman–Crippen MR) is 108 cm³/mol. The number of aromatic nitrogens is 3. The Morgan fingerprint density at radius 1 is 1.29 bits per heavy atom. The van der Waals surface area contributed by atoms with E-state index in [1.807, 2.05) is 6.92 Å². The summed E-state index contributed by atoms with van der Waals surface area (Å²) < 4.78 is 21.0. The van der Waals surface area contributed by atoms with E-state index in [9.17, 15) is 4.39 Å². The summed E-state index contributed by atoms with van der Waals surface area (Å²) in [5.74, 6) is 6.77. The Hall–Kier alpha value is -2.84. The van der Waals surface area contributed by atoms with Gasteiger partial charge < -0.3 is 10.6 Å². The SMILES string of the molecule is CCc1nnc(N/N=C/c2cc(Cl)ccc2OCc2c(F)cccc2Cl)n1N. The number of nitrogens with two attached hydrogens (primary N) is 1. The summed E-state index contributed by atoms with van der Waals surface area (Å²) in [6.07, 6.45) is 2.13. The Labute approximate surface area is 170 Å². The van der Waals surface area contributed by atoms with Gasteiger partial charge in [0.1, 0.15) is 18.2 Å². The first-order valence-electron chi connectivity index (χ1n) is 8.33. The number of benzene rings is 2. The van der Waals surface area contributed by atoms with Crippen LogP contribution in [-0.4, -0.2) is 21.1 Å². The summed E-state index contributed by atoms with van der Waals surface area (Å²) in [5.41, 5.74) is 3.55. The van der Waals surface area contributed by atoms with Crippen molar-refractivity contribution in [1.82, 2.24) is 14.9 Å². The van der Waals surface area contributed by atoms with Crippen molar-refractivity contribution >= 4 is 35.4 Å². The third kappa shape index (κ3) is 4.52. The van der Waals surface area contributed by atoms with Gasteiger partial charge in [-0.1, -0.05) is 36.2 Å². The Morgan fingerprint density at radius 2 is 2.11 bits per heavy atom. The molecule has 0 saturated heterocycles. The lowest BCUT2D eigenvalue weighted by Crippen LogP contribution is -2.15. The molecule has 0 amide bonds. The average molecular weight is 423 g/mol. The standard InChI is InChI=1S/C18H17Cl2FN6O/c1-2-17-24-26-18(27(17)22)25-23-9-11-8-12(19)6-7-16(11)28-10-13-14(20)4-3-5-15(13)21/h3-9H,2,10,22H2,1H3,(H,25,26)/b23-9+. The first-order valence-corrected chi connectivity index (χ1v) is 9.09. The van der Waals surface area contributed by atoms with Crippen molar-refractivity contribution in [2.24, 2.45) is 5.10 Å². The number of nitrogens with zero attached hydrogens (tertiary/aromatic N) is 4. The smallest absolute Gasteiger partial charge is 0.263 e. The molecule has 3 rings (SSSR count). The molecule has 0 aliphatic heterocycles. The minimum atomic E-state index is -0.438. The van der Waals surface area contributed by atoms with Gasteiger partial charge in [-0.2, -0.15) is 5.10 Å². The Balaban J connectivity index is 1.76. The summed E-state index contributed by atoms with van der Waals surface area (Å²) in [7, 11) is 0. The molecule has 0 bridgehead atoms. The maximum absolute atomic E-state index is 13.9. The summed E-state index contributed by atoms with van der Waals surface area (Å²) in [5, 5.41) is 12.7. The van der Waals surface area contributed by atoms with Crippen LogP contribution in [0.4, 0.5) is 10.3 Å². The molecule has 0 unspecified atom stereocenters. The molecule has 0 atom stereocenters. The summed E-state index contributed by atoms with van der Waals surface area (Å²) in [6.45, 7) is 1.87. The molecule has 0 radical (unpaired) electrons. The van der Waals surface area contributed by atoms with Gasteiger partial charge in [-0.15, -0.1) is 10.2 Å². The molecule has 0 aliphatic rings. The molecule has 3 N–H and O–H groups in total. The van der Waals surface area contributed by atoms with Crippen LogP contribution >= 0.6 is 23.2 Å². The number of ether oxygens (including phenoxy) is 1. The number of rotatable bonds is 7. The molecule has 0 aliphatic carbocycles. The van der Waals surface area contributed by atoms with Gasteiger partial charge in [-0.05, 0) is 30.3 Å². The molecule has 0 spiro atoms. The summed E-state index contributed by atoms with van der Waals surface area (Å²) in [6, 6.07) is 9.45. The van der Waals surface area contributed by atoms with E-state index in [-0.39, 0.29) is 18.1 Å². The molecule has 2 aromatic carbocycles. The van der Waals surface area contributed by atoms with E-state index in [1.165, 1.54) is 23.0 Å². The zero-order valence-electron chi connectivity index (χ0n) is 14.9. The average Bonchev–Trinajstić information content (AvgIpc) is 3.02. The minimum Gasteiger partial charge on any atom is -0.488 e. The van der Waals surface area contributed by atoms with Crippen molar-refractivity contribution < 1.29 is 9.13 Å². The van der Waals surface area contributed by atoms with Crippen LogP contribution in [0.2, 0.25) is 10.0 Å². The Bertz CT molecular complexity index is 987. The second-order valence-corrected chi connectivity index (χ2v) is 6.55. The van der Waals surface area contributed by atoms with Crippen molar-refractivity contribution in [3.8, 4) is 5.75 Å². The van der Waals surface area contributed by atoms with Crippen LogP contribution in [0.1, 0.15) is 23.9 Å². The number of nitrogens with one attached hydrogen (secondary N) is 1.